The Labute approximate surface area is 132 Å². The topological polar surface area (TPSA) is 30.0 Å². The number of carbonyl (C=O) groups is 1. The summed E-state index contributed by atoms with van der Waals surface area (Å²) in [5, 5.41) is 0.712. The molecule has 1 unspecified atom stereocenters. The molecule has 1 aromatic heterocycles. The van der Waals surface area contributed by atoms with E-state index in [1.807, 2.05) is 51.1 Å². The molecule has 0 amide bonds. The minimum atomic E-state index is -0.147. The number of halogens is 1. The van der Waals surface area contributed by atoms with Crippen molar-refractivity contribution in [2.45, 2.75) is 31.0 Å². The van der Waals surface area contributed by atoms with Gasteiger partial charge >= 0.3 is 0 Å². The summed E-state index contributed by atoms with van der Waals surface area (Å²) in [6.07, 6.45) is 1.75. The van der Waals surface area contributed by atoms with Gasteiger partial charge in [0, 0.05) is 16.2 Å². The highest BCUT2D eigenvalue weighted by Crippen LogP contribution is 2.25. The van der Waals surface area contributed by atoms with Gasteiger partial charge in [0.25, 0.3) is 0 Å². The second kappa shape index (κ2) is 6.55. The summed E-state index contributed by atoms with van der Waals surface area (Å²) in [4.78, 5) is 16.7. The third kappa shape index (κ3) is 3.70. The van der Waals surface area contributed by atoms with Gasteiger partial charge in [-0.3, -0.25) is 4.79 Å². The lowest BCUT2D eigenvalue weighted by Crippen LogP contribution is -2.14. The maximum atomic E-state index is 12.4. The molecule has 1 atom stereocenters. The Bertz CT molecular complexity index is 625. The number of aryl methyl sites for hydroxylation is 2. The van der Waals surface area contributed by atoms with Crippen LogP contribution in [0.1, 0.15) is 28.4 Å². The fourth-order valence-electron chi connectivity index (χ4n) is 1.80. The van der Waals surface area contributed by atoms with E-state index in [-0.39, 0.29) is 11.0 Å². The number of carbonyl (C=O) groups excluding carboxylic acids is 1. The highest BCUT2D eigenvalue weighted by atomic mass is 79.9. The number of benzene rings is 1. The number of thioether (sulfide) groups is 1. The van der Waals surface area contributed by atoms with Gasteiger partial charge < -0.3 is 0 Å². The molecular weight excluding hydrogens is 334 g/mol. The van der Waals surface area contributed by atoms with Crippen molar-refractivity contribution in [3.05, 3.63) is 57.7 Å². The Kier molecular flexibility index (Phi) is 5.00. The zero-order valence-electron chi connectivity index (χ0n) is 11.7. The van der Waals surface area contributed by atoms with E-state index in [9.17, 15) is 4.79 Å². The van der Waals surface area contributed by atoms with Gasteiger partial charge in [0.15, 0.2) is 5.78 Å². The maximum Gasteiger partial charge on any atom is 0.175 e. The summed E-state index contributed by atoms with van der Waals surface area (Å²) in [6.45, 7) is 6.00. The molecule has 2 nitrogen and oxygen atoms in total. The molecule has 104 valence electrons. The van der Waals surface area contributed by atoms with Crippen LogP contribution in [0.3, 0.4) is 0 Å². The third-order valence-electron chi connectivity index (χ3n) is 3.16. The summed E-state index contributed by atoms with van der Waals surface area (Å²) in [6, 6.07) is 9.71. The first-order valence-electron chi connectivity index (χ1n) is 6.37. The molecule has 20 heavy (non-hydrogen) atoms. The zero-order chi connectivity index (χ0) is 14.7. The van der Waals surface area contributed by atoms with E-state index in [0.29, 0.717) is 0 Å². The van der Waals surface area contributed by atoms with Gasteiger partial charge in [0.1, 0.15) is 0 Å². The van der Waals surface area contributed by atoms with Gasteiger partial charge in [-0.25, -0.2) is 4.98 Å². The van der Waals surface area contributed by atoms with E-state index in [0.717, 1.165) is 20.6 Å². The molecule has 2 aromatic rings. The SMILES string of the molecule is Cc1ccc(C(=O)C(C)Sc2ccc(Br)cn2)cc1C. The number of rotatable bonds is 4. The van der Waals surface area contributed by atoms with Crippen LogP contribution < -0.4 is 0 Å². The van der Waals surface area contributed by atoms with Crippen LogP contribution in [0.4, 0.5) is 0 Å². The molecule has 0 spiro atoms. The summed E-state index contributed by atoms with van der Waals surface area (Å²) in [5.41, 5.74) is 3.12. The van der Waals surface area contributed by atoms with Crippen LogP contribution in [-0.4, -0.2) is 16.0 Å². The molecule has 0 aliphatic rings. The summed E-state index contributed by atoms with van der Waals surface area (Å²) >= 11 is 4.84. The van der Waals surface area contributed by atoms with Gasteiger partial charge in [-0.1, -0.05) is 23.9 Å². The number of hydrogen-bond acceptors (Lipinski definition) is 3. The number of pyridine rings is 1. The first-order valence-corrected chi connectivity index (χ1v) is 8.04. The standard InChI is InChI=1S/C16H16BrNOS/c1-10-4-5-13(8-11(10)2)16(19)12(3)20-15-7-6-14(17)9-18-15/h4-9,12H,1-3H3. The van der Waals surface area contributed by atoms with Crippen molar-refractivity contribution in [2.24, 2.45) is 0 Å². The van der Waals surface area contributed by atoms with Gasteiger partial charge in [0.05, 0.1) is 10.3 Å². The molecule has 0 saturated carbocycles. The predicted octanol–water partition coefficient (Wildman–Crippen LogP) is 4.82. The lowest BCUT2D eigenvalue weighted by molar-refractivity contribution is 0.0994. The van der Waals surface area contributed by atoms with E-state index in [4.69, 9.17) is 0 Å². The minimum Gasteiger partial charge on any atom is -0.293 e. The number of nitrogens with zero attached hydrogens (tertiary/aromatic N) is 1. The predicted molar refractivity (Wildman–Crippen MR) is 87.5 cm³/mol. The Morgan fingerprint density at radius 3 is 2.55 bits per heavy atom. The smallest absolute Gasteiger partial charge is 0.175 e. The first-order chi connectivity index (χ1) is 9.47. The van der Waals surface area contributed by atoms with E-state index in [1.54, 1.807) is 6.20 Å². The van der Waals surface area contributed by atoms with Gasteiger partial charge in [-0.15, -0.1) is 0 Å². The molecule has 1 heterocycles. The molecular formula is C16H16BrNOS. The number of ketones is 1. The van der Waals surface area contributed by atoms with Crippen LogP contribution in [-0.2, 0) is 0 Å². The first kappa shape index (κ1) is 15.3. The maximum absolute atomic E-state index is 12.4. The molecule has 1 aromatic carbocycles. The molecule has 2 rings (SSSR count). The van der Waals surface area contributed by atoms with Crippen LogP contribution >= 0.6 is 27.7 Å². The molecule has 0 N–H and O–H groups in total. The third-order valence-corrected chi connectivity index (χ3v) is 4.68. The summed E-state index contributed by atoms with van der Waals surface area (Å²) in [7, 11) is 0. The van der Waals surface area contributed by atoms with Gasteiger partial charge in [-0.05, 0) is 66.0 Å². The van der Waals surface area contributed by atoms with E-state index < -0.39 is 0 Å². The Morgan fingerprint density at radius 2 is 1.95 bits per heavy atom. The Morgan fingerprint density at radius 1 is 1.20 bits per heavy atom. The Hall–Kier alpha value is -1.13. The largest absolute Gasteiger partial charge is 0.293 e. The molecule has 0 radical (unpaired) electrons. The molecule has 0 saturated heterocycles. The Balaban J connectivity index is 2.11. The molecule has 0 aliphatic carbocycles. The van der Waals surface area contributed by atoms with Crippen molar-refractivity contribution in [1.29, 1.82) is 0 Å². The fraction of sp³-hybridized carbons (Fsp3) is 0.250. The number of aromatic nitrogens is 1. The fourth-order valence-corrected chi connectivity index (χ4v) is 2.90. The minimum absolute atomic E-state index is 0.141. The summed E-state index contributed by atoms with van der Waals surface area (Å²) in [5.74, 6) is 0.141. The van der Waals surface area contributed by atoms with Crippen molar-refractivity contribution in [2.75, 3.05) is 0 Å². The van der Waals surface area contributed by atoms with Crippen molar-refractivity contribution in [3.8, 4) is 0 Å². The average Bonchev–Trinajstić information content (AvgIpc) is 2.43. The van der Waals surface area contributed by atoms with E-state index >= 15 is 0 Å². The lowest BCUT2D eigenvalue weighted by Gasteiger charge is -2.11. The van der Waals surface area contributed by atoms with Crippen LogP contribution in [0.25, 0.3) is 0 Å². The van der Waals surface area contributed by atoms with Crippen LogP contribution in [0.5, 0.6) is 0 Å². The quantitative estimate of drug-likeness (QED) is 0.585. The van der Waals surface area contributed by atoms with Crippen LogP contribution in [0.2, 0.25) is 0 Å². The van der Waals surface area contributed by atoms with Crippen molar-refractivity contribution >= 4 is 33.5 Å². The van der Waals surface area contributed by atoms with Crippen molar-refractivity contribution in [1.82, 2.24) is 4.98 Å². The van der Waals surface area contributed by atoms with Crippen molar-refractivity contribution < 1.29 is 4.79 Å². The second-order valence-corrected chi connectivity index (χ2v) is 7.01. The average molecular weight is 350 g/mol. The molecule has 0 aliphatic heterocycles. The van der Waals surface area contributed by atoms with E-state index in [2.05, 4.69) is 20.9 Å². The van der Waals surface area contributed by atoms with Crippen LogP contribution in [0.15, 0.2) is 46.0 Å². The zero-order valence-corrected chi connectivity index (χ0v) is 14.1. The monoisotopic (exact) mass is 349 g/mol. The molecule has 0 fully saturated rings. The highest BCUT2D eigenvalue weighted by Gasteiger charge is 2.17. The van der Waals surface area contributed by atoms with Gasteiger partial charge in [-0.2, -0.15) is 0 Å². The van der Waals surface area contributed by atoms with Crippen LogP contribution in [0, 0.1) is 13.8 Å². The number of hydrogen-bond donors (Lipinski definition) is 0. The van der Waals surface area contributed by atoms with Crippen molar-refractivity contribution in [3.63, 3.8) is 0 Å². The highest BCUT2D eigenvalue weighted by molar-refractivity contribution is 9.10. The lowest BCUT2D eigenvalue weighted by atomic mass is 10.0. The second-order valence-electron chi connectivity index (χ2n) is 4.74. The molecule has 0 bridgehead atoms. The van der Waals surface area contributed by atoms with E-state index in [1.165, 1.54) is 17.3 Å². The normalized spacial score (nSPS) is 12.2. The number of Topliss-reactive ketones (excluding diaryl/α,β-unsaturated/α-hetero) is 1. The van der Waals surface area contributed by atoms with Gasteiger partial charge in [0.2, 0.25) is 0 Å². The summed E-state index contributed by atoms with van der Waals surface area (Å²) < 4.78 is 0.940. The molecule has 4 heteroatoms.